The molecule has 0 bridgehead atoms. The number of hydrogen-bond acceptors (Lipinski definition) is 3. The normalized spacial score (nSPS) is 9.47. The maximum Gasteiger partial charge on any atom is 0.215 e. The molecule has 0 amide bonds. The summed E-state index contributed by atoms with van der Waals surface area (Å²) in [5.74, 6) is 0.597. The molecule has 2 rings (SSSR count). The molecule has 0 aliphatic carbocycles. The smallest absolute Gasteiger partial charge is 0.215 e. The summed E-state index contributed by atoms with van der Waals surface area (Å²) in [4.78, 5) is 4.06. The maximum atomic E-state index is 5.07. The summed E-state index contributed by atoms with van der Waals surface area (Å²) in [6, 6.07) is 5.80. The van der Waals surface area contributed by atoms with E-state index in [4.69, 9.17) is 4.74 Å². The third-order valence-corrected chi connectivity index (χ3v) is 2.18. The van der Waals surface area contributed by atoms with E-state index in [9.17, 15) is 0 Å². The second kappa shape index (κ2) is 6.03. The topological polar surface area (TPSA) is 39.9 Å². The number of hydrogen-bond donors (Lipinski definition) is 0. The van der Waals surface area contributed by atoms with E-state index in [0.717, 1.165) is 17.1 Å². The summed E-state index contributed by atoms with van der Waals surface area (Å²) in [6.07, 6.45) is 1.71. The predicted molar refractivity (Wildman–Crippen MR) is 68.7 cm³/mol. The minimum absolute atomic E-state index is 0.597. The van der Waals surface area contributed by atoms with Crippen molar-refractivity contribution in [2.45, 2.75) is 27.7 Å². The van der Waals surface area contributed by atoms with Gasteiger partial charge in [0.1, 0.15) is 0 Å². The highest BCUT2D eigenvalue weighted by Gasteiger charge is 2.04. The van der Waals surface area contributed by atoms with Crippen LogP contribution in [0.3, 0.4) is 0 Å². The van der Waals surface area contributed by atoms with E-state index in [2.05, 4.69) is 10.1 Å². The summed E-state index contributed by atoms with van der Waals surface area (Å²) < 4.78 is 6.95. The van der Waals surface area contributed by atoms with Crippen LogP contribution in [0.2, 0.25) is 0 Å². The Morgan fingerprint density at radius 1 is 1.18 bits per heavy atom. The zero-order chi connectivity index (χ0) is 12.8. The lowest BCUT2D eigenvalue weighted by atomic mass is 10.3. The van der Waals surface area contributed by atoms with Gasteiger partial charge in [-0.2, -0.15) is 5.10 Å². The fourth-order valence-corrected chi connectivity index (χ4v) is 1.53. The first-order valence-electron chi connectivity index (χ1n) is 5.74. The van der Waals surface area contributed by atoms with Crippen LogP contribution in [0, 0.1) is 13.8 Å². The molecule has 0 aliphatic rings. The van der Waals surface area contributed by atoms with Crippen LogP contribution >= 0.6 is 0 Å². The summed E-state index contributed by atoms with van der Waals surface area (Å²) in [7, 11) is 1.60. The summed E-state index contributed by atoms with van der Waals surface area (Å²) in [6.45, 7) is 7.99. The van der Waals surface area contributed by atoms with Gasteiger partial charge in [-0.1, -0.05) is 13.8 Å². The summed E-state index contributed by atoms with van der Waals surface area (Å²) in [5.41, 5.74) is 3.07. The molecule has 2 aromatic heterocycles. The van der Waals surface area contributed by atoms with E-state index >= 15 is 0 Å². The summed E-state index contributed by atoms with van der Waals surface area (Å²) >= 11 is 0. The molecule has 4 nitrogen and oxygen atoms in total. The van der Waals surface area contributed by atoms with Gasteiger partial charge < -0.3 is 4.74 Å². The van der Waals surface area contributed by atoms with Crippen molar-refractivity contribution in [3.8, 4) is 11.6 Å². The van der Waals surface area contributed by atoms with Crippen LogP contribution in [-0.2, 0) is 0 Å². The van der Waals surface area contributed by atoms with Gasteiger partial charge in [-0.25, -0.2) is 9.67 Å². The molecule has 0 radical (unpaired) electrons. The number of aryl methyl sites for hydroxylation is 2. The van der Waals surface area contributed by atoms with Crippen molar-refractivity contribution in [2.75, 3.05) is 7.11 Å². The molecule has 0 aromatic carbocycles. The molecular weight excluding hydrogens is 214 g/mol. The second-order valence-corrected chi connectivity index (χ2v) is 3.40. The highest BCUT2D eigenvalue weighted by atomic mass is 16.5. The zero-order valence-electron chi connectivity index (χ0n) is 11.1. The van der Waals surface area contributed by atoms with E-state index in [-0.39, 0.29) is 0 Å². The molecule has 0 saturated carbocycles. The van der Waals surface area contributed by atoms with E-state index in [0.29, 0.717) is 5.88 Å². The van der Waals surface area contributed by atoms with Gasteiger partial charge in [0.25, 0.3) is 0 Å². The van der Waals surface area contributed by atoms with Crippen LogP contribution in [0.1, 0.15) is 25.2 Å². The van der Waals surface area contributed by atoms with Crippen molar-refractivity contribution >= 4 is 0 Å². The van der Waals surface area contributed by atoms with Gasteiger partial charge in [-0.3, -0.25) is 0 Å². The number of methoxy groups -OCH3 is 1. The van der Waals surface area contributed by atoms with Gasteiger partial charge in [0, 0.05) is 18.0 Å². The van der Waals surface area contributed by atoms with Crippen LogP contribution in [0.4, 0.5) is 0 Å². The SMILES string of the molecule is CC.COc1cc(-n2nc(C)cc2C)ccn1. The van der Waals surface area contributed by atoms with Crippen molar-refractivity contribution in [3.63, 3.8) is 0 Å². The summed E-state index contributed by atoms with van der Waals surface area (Å²) in [5, 5.41) is 4.39. The Labute approximate surface area is 102 Å². The molecule has 0 aliphatic heterocycles. The lowest BCUT2D eigenvalue weighted by Crippen LogP contribution is -2.00. The number of nitrogens with zero attached hydrogens (tertiary/aromatic N) is 3. The Bertz CT molecular complexity index is 477. The van der Waals surface area contributed by atoms with Crippen LogP contribution in [0.25, 0.3) is 5.69 Å². The molecule has 0 unspecified atom stereocenters. The van der Waals surface area contributed by atoms with Crippen molar-refractivity contribution < 1.29 is 4.74 Å². The molecule has 2 aromatic rings. The fourth-order valence-electron chi connectivity index (χ4n) is 1.53. The van der Waals surface area contributed by atoms with Crippen LogP contribution < -0.4 is 4.74 Å². The monoisotopic (exact) mass is 233 g/mol. The third kappa shape index (κ3) is 3.06. The minimum atomic E-state index is 0.597. The largest absolute Gasteiger partial charge is 0.481 e. The number of pyridine rings is 1. The van der Waals surface area contributed by atoms with E-state index < -0.39 is 0 Å². The van der Waals surface area contributed by atoms with Gasteiger partial charge in [-0.05, 0) is 26.0 Å². The Morgan fingerprint density at radius 3 is 2.41 bits per heavy atom. The standard InChI is InChI=1S/C11H13N3O.C2H6/c1-8-6-9(2)14(13-8)10-4-5-12-11(7-10)15-3;1-2/h4-7H,1-3H3;1-2H3. The Hall–Kier alpha value is -1.84. The molecule has 0 fully saturated rings. The Balaban J connectivity index is 0.000000686. The molecule has 17 heavy (non-hydrogen) atoms. The minimum Gasteiger partial charge on any atom is -0.481 e. The second-order valence-electron chi connectivity index (χ2n) is 3.40. The number of rotatable bonds is 2. The first-order chi connectivity index (χ1) is 8.20. The van der Waals surface area contributed by atoms with Crippen molar-refractivity contribution in [3.05, 3.63) is 35.8 Å². The quantitative estimate of drug-likeness (QED) is 0.800. The van der Waals surface area contributed by atoms with Crippen molar-refractivity contribution in [1.82, 2.24) is 14.8 Å². The lowest BCUT2D eigenvalue weighted by Gasteiger charge is -2.05. The first kappa shape index (κ1) is 13.2. The Morgan fingerprint density at radius 2 is 1.88 bits per heavy atom. The van der Waals surface area contributed by atoms with E-state index in [1.807, 2.05) is 50.6 Å². The molecular formula is C13H19N3O. The molecule has 0 saturated heterocycles. The average Bonchev–Trinajstić information content (AvgIpc) is 2.71. The van der Waals surface area contributed by atoms with Crippen molar-refractivity contribution in [1.29, 1.82) is 0 Å². The molecule has 0 spiro atoms. The molecule has 0 atom stereocenters. The molecule has 2 heterocycles. The fraction of sp³-hybridized carbons (Fsp3) is 0.385. The van der Waals surface area contributed by atoms with Crippen LogP contribution in [0.15, 0.2) is 24.4 Å². The maximum absolute atomic E-state index is 5.07. The number of ether oxygens (including phenoxy) is 1. The van der Waals surface area contributed by atoms with Gasteiger partial charge in [0.2, 0.25) is 5.88 Å². The Kier molecular flexibility index (Phi) is 4.69. The first-order valence-corrected chi connectivity index (χ1v) is 5.74. The van der Waals surface area contributed by atoms with Crippen LogP contribution in [-0.4, -0.2) is 21.9 Å². The zero-order valence-corrected chi connectivity index (χ0v) is 11.1. The van der Waals surface area contributed by atoms with E-state index in [1.165, 1.54) is 0 Å². The van der Waals surface area contributed by atoms with Gasteiger partial charge in [-0.15, -0.1) is 0 Å². The van der Waals surface area contributed by atoms with Gasteiger partial charge in [0.05, 0.1) is 18.5 Å². The van der Waals surface area contributed by atoms with Gasteiger partial charge in [0.15, 0.2) is 0 Å². The third-order valence-electron chi connectivity index (χ3n) is 2.18. The molecule has 4 heteroatoms. The van der Waals surface area contributed by atoms with Crippen molar-refractivity contribution in [2.24, 2.45) is 0 Å². The highest BCUT2D eigenvalue weighted by molar-refractivity contribution is 5.35. The van der Waals surface area contributed by atoms with Crippen LogP contribution in [0.5, 0.6) is 5.88 Å². The van der Waals surface area contributed by atoms with Gasteiger partial charge >= 0.3 is 0 Å². The highest BCUT2D eigenvalue weighted by Crippen LogP contribution is 2.15. The molecule has 0 N–H and O–H groups in total. The average molecular weight is 233 g/mol. The lowest BCUT2D eigenvalue weighted by molar-refractivity contribution is 0.397. The molecule has 92 valence electrons. The van der Waals surface area contributed by atoms with E-state index in [1.54, 1.807) is 13.3 Å². The number of aromatic nitrogens is 3. The predicted octanol–water partition coefficient (Wildman–Crippen LogP) is 2.92.